The molecule has 1 heterocycles. The summed E-state index contributed by atoms with van der Waals surface area (Å²) in [6.45, 7) is 6.92. The molecule has 0 aliphatic carbocycles. The summed E-state index contributed by atoms with van der Waals surface area (Å²) in [6, 6.07) is 0. The molecule has 78 valence electrons. The molecular weight excluding hydrogens is 171 g/mol. The van der Waals surface area contributed by atoms with Crippen molar-refractivity contribution in [1.29, 1.82) is 0 Å². The Morgan fingerprint density at radius 1 is 1.31 bits per heavy atom. The lowest BCUT2D eigenvalue weighted by Crippen LogP contribution is -2.49. The van der Waals surface area contributed by atoms with Crippen molar-refractivity contribution in [3.8, 4) is 0 Å². The van der Waals surface area contributed by atoms with E-state index in [9.17, 15) is 4.39 Å². The van der Waals surface area contributed by atoms with Crippen LogP contribution in [-0.2, 0) is 4.74 Å². The van der Waals surface area contributed by atoms with Gasteiger partial charge in [0.15, 0.2) is 6.30 Å². The number of hydrogen-bond donors (Lipinski definition) is 0. The fourth-order valence-electron chi connectivity index (χ4n) is 1.56. The van der Waals surface area contributed by atoms with E-state index in [2.05, 4.69) is 4.90 Å². The van der Waals surface area contributed by atoms with Gasteiger partial charge in [-0.05, 0) is 6.92 Å². The Morgan fingerprint density at radius 2 is 1.92 bits per heavy atom. The number of hydrogen-bond acceptors (Lipinski definition) is 3. The first kappa shape index (κ1) is 10.9. The minimum atomic E-state index is -0.801. The zero-order valence-corrected chi connectivity index (χ0v) is 8.50. The third-order valence-corrected chi connectivity index (χ3v) is 2.52. The van der Waals surface area contributed by atoms with Crippen LogP contribution in [0.4, 0.5) is 4.39 Å². The van der Waals surface area contributed by atoms with E-state index in [1.54, 1.807) is 14.0 Å². The van der Waals surface area contributed by atoms with Crippen molar-refractivity contribution in [2.24, 2.45) is 0 Å². The van der Waals surface area contributed by atoms with Gasteiger partial charge >= 0.3 is 0 Å². The number of halogens is 1. The average Bonchev–Trinajstić information content (AvgIpc) is 2.15. The molecule has 0 radical (unpaired) electrons. The summed E-state index contributed by atoms with van der Waals surface area (Å²) in [6.07, 6.45) is -0.801. The van der Waals surface area contributed by atoms with Gasteiger partial charge in [0.25, 0.3) is 0 Å². The van der Waals surface area contributed by atoms with E-state index < -0.39 is 6.30 Å². The number of rotatable bonds is 4. The van der Waals surface area contributed by atoms with Crippen LogP contribution >= 0.6 is 0 Å². The Labute approximate surface area is 79.5 Å². The van der Waals surface area contributed by atoms with Crippen LogP contribution in [0.2, 0.25) is 0 Å². The molecule has 0 aromatic carbocycles. The molecule has 0 N–H and O–H groups in total. The van der Waals surface area contributed by atoms with E-state index in [4.69, 9.17) is 4.74 Å². The van der Waals surface area contributed by atoms with Gasteiger partial charge in [-0.2, -0.15) is 0 Å². The Balaban J connectivity index is 2.15. The summed E-state index contributed by atoms with van der Waals surface area (Å²) in [5.74, 6) is 0. The molecule has 0 aromatic rings. The minimum absolute atomic E-state index is 0.769. The van der Waals surface area contributed by atoms with Crippen molar-refractivity contribution in [2.45, 2.75) is 13.2 Å². The van der Waals surface area contributed by atoms with Crippen LogP contribution < -0.4 is 0 Å². The maximum absolute atomic E-state index is 12.8. The number of piperazine rings is 1. The molecule has 1 fully saturated rings. The van der Waals surface area contributed by atoms with Crippen LogP contribution in [-0.4, -0.2) is 62.5 Å². The Hall–Kier alpha value is -0.190. The van der Waals surface area contributed by atoms with Crippen molar-refractivity contribution in [2.75, 3.05) is 46.4 Å². The summed E-state index contributed by atoms with van der Waals surface area (Å²) >= 11 is 0. The molecule has 0 unspecified atom stereocenters. The van der Waals surface area contributed by atoms with Gasteiger partial charge in [-0.15, -0.1) is 0 Å². The van der Waals surface area contributed by atoms with Crippen LogP contribution in [0.15, 0.2) is 0 Å². The second-order valence-electron chi connectivity index (χ2n) is 3.44. The molecule has 0 bridgehead atoms. The first-order chi connectivity index (χ1) is 6.24. The normalized spacial score (nSPS) is 23.3. The monoisotopic (exact) mass is 190 g/mol. The summed E-state index contributed by atoms with van der Waals surface area (Å²) in [5.41, 5.74) is 0. The molecule has 0 aromatic heterocycles. The topological polar surface area (TPSA) is 15.7 Å². The Kier molecular flexibility index (Phi) is 4.62. The highest BCUT2D eigenvalue weighted by molar-refractivity contribution is 4.71. The van der Waals surface area contributed by atoms with E-state index in [-0.39, 0.29) is 0 Å². The fraction of sp³-hybridized carbons (Fsp3) is 1.00. The van der Waals surface area contributed by atoms with Gasteiger partial charge in [-0.25, -0.2) is 4.39 Å². The van der Waals surface area contributed by atoms with Crippen molar-refractivity contribution in [3.05, 3.63) is 0 Å². The Bertz CT molecular complexity index is 136. The van der Waals surface area contributed by atoms with E-state index in [0.717, 1.165) is 39.3 Å². The van der Waals surface area contributed by atoms with Crippen molar-refractivity contribution in [1.82, 2.24) is 9.80 Å². The minimum Gasteiger partial charge on any atom is -0.383 e. The molecule has 0 spiro atoms. The summed E-state index contributed by atoms with van der Waals surface area (Å²) in [7, 11) is 1.71. The van der Waals surface area contributed by atoms with E-state index in [1.165, 1.54) is 0 Å². The Morgan fingerprint density at radius 3 is 2.38 bits per heavy atom. The van der Waals surface area contributed by atoms with Gasteiger partial charge in [-0.3, -0.25) is 9.80 Å². The van der Waals surface area contributed by atoms with E-state index >= 15 is 0 Å². The molecule has 3 nitrogen and oxygen atoms in total. The molecule has 1 atom stereocenters. The highest BCUT2D eigenvalue weighted by Gasteiger charge is 2.19. The molecule has 1 saturated heterocycles. The second-order valence-corrected chi connectivity index (χ2v) is 3.44. The first-order valence-electron chi connectivity index (χ1n) is 4.83. The third kappa shape index (κ3) is 3.58. The zero-order valence-electron chi connectivity index (χ0n) is 8.50. The van der Waals surface area contributed by atoms with Gasteiger partial charge in [0.05, 0.1) is 6.61 Å². The molecule has 0 saturated carbocycles. The molecular formula is C9H19FN2O. The quantitative estimate of drug-likeness (QED) is 0.603. The molecule has 0 amide bonds. The molecule has 1 aliphatic rings. The molecule has 1 aliphatic heterocycles. The van der Waals surface area contributed by atoms with Crippen LogP contribution in [0.5, 0.6) is 0 Å². The zero-order chi connectivity index (χ0) is 9.68. The standard InChI is InChI=1S/C9H19FN2O/c1-9(10)12-5-3-11(4-6-12)7-8-13-2/h9H,3-8H2,1-2H3/t9-/m1/s1. The lowest BCUT2D eigenvalue weighted by atomic mass is 10.3. The highest BCUT2D eigenvalue weighted by atomic mass is 19.1. The van der Waals surface area contributed by atoms with Gasteiger partial charge in [0.2, 0.25) is 0 Å². The van der Waals surface area contributed by atoms with Crippen molar-refractivity contribution in [3.63, 3.8) is 0 Å². The smallest absolute Gasteiger partial charge is 0.150 e. The van der Waals surface area contributed by atoms with E-state index in [1.807, 2.05) is 4.90 Å². The van der Waals surface area contributed by atoms with Crippen LogP contribution in [0, 0.1) is 0 Å². The van der Waals surface area contributed by atoms with Gasteiger partial charge in [-0.1, -0.05) is 0 Å². The van der Waals surface area contributed by atoms with Gasteiger partial charge in [0, 0.05) is 39.8 Å². The molecule has 13 heavy (non-hydrogen) atoms. The summed E-state index contributed by atoms with van der Waals surface area (Å²) in [5, 5.41) is 0. The maximum Gasteiger partial charge on any atom is 0.150 e. The second kappa shape index (κ2) is 5.52. The van der Waals surface area contributed by atoms with Crippen molar-refractivity contribution < 1.29 is 9.13 Å². The molecule has 4 heteroatoms. The first-order valence-corrected chi connectivity index (χ1v) is 4.83. The van der Waals surface area contributed by atoms with Crippen LogP contribution in [0.25, 0.3) is 0 Å². The number of alkyl halides is 1. The SMILES string of the molecule is COCCN1CCN([C@H](C)F)CC1. The highest BCUT2D eigenvalue weighted by Crippen LogP contribution is 2.06. The van der Waals surface area contributed by atoms with Crippen LogP contribution in [0.1, 0.15) is 6.92 Å². The predicted molar refractivity (Wildman–Crippen MR) is 50.5 cm³/mol. The summed E-state index contributed by atoms with van der Waals surface area (Å²) < 4.78 is 17.8. The largest absolute Gasteiger partial charge is 0.383 e. The molecule has 1 rings (SSSR count). The third-order valence-electron chi connectivity index (χ3n) is 2.52. The van der Waals surface area contributed by atoms with Crippen LogP contribution in [0.3, 0.4) is 0 Å². The summed E-state index contributed by atoms with van der Waals surface area (Å²) in [4.78, 5) is 4.17. The van der Waals surface area contributed by atoms with Gasteiger partial charge in [0.1, 0.15) is 0 Å². The lowest BCUT2D eigenvalue weighted by molar-refractivity contribution is 0.0338. The lowest BCUT2D eigenvalue weighted by Gasteiger charge is -2.35. The average molecular weight is 190 g/mol. The van der Waals surface area contributed by atoms with E-state index in [0.29, 0.717) is 0 Å². The van der Waals surface area contributed by atoms with Gasteiger partial charge < -0.3 is 4.74 Å². The predicted octanol–water partition coefficient (Wildman–Crippen LogP) is 0.566. The number of methoxy groups -OCH3 is 1. The number of ether oxygens (including phenoxy) is 1. The van der Waals surface area contributed by atoms with Crippen molar-refractivity contribution >= 4 is 0 Å². The fourth-order valence-corrected chi connectivity index (χ4v) is 1.56. The number of nitrogens with zero attached hydrogens (tertiary/aromatic N) is 2. The maximum atomic E-state index is 12.8.